The van der Waals surface area contributed by atoms with E-state index in [1.54, 1.807) is 12.1 Å². The molecule has 0 aliphatic heterocycles. The van der Waals surface area contributed by atoms with Crippen LogP contribution in [-0.2, 0) is 6.54 Å². The van der Waals surface area contributed by atoms with E-state index >= 15 is 0 Å². The first-order valence-electron chi connectivity index (χ1n) is 4.09. The van der Waals surface area contributed by atoms with Gasteiger partial charge in [0.25, 0.3) is 0 Å². The highest BCUT2D eigenvalue weighted by atomic mass is 16.3. The summed E-state index contributed by atoms with van der Waals surface area (Å²) in [5.41, 5.74) is 3.55. The molecule has 12 heavy (non-hydrogen) atoms. The number of hydrogen-bond donors (Lipinski definition) is 2. The van der Waals surface area contributed by atoms with Gasteiger partial charge in [-0.25, -0.2) is 0 Å². The smallest absolute Gasteiger partial charge is 0.116 e. The maximum Gasteiger partial charge on any atom is 0.116 e. The molecule has 0 atom stereocenters. The Morgan fingerprint density at radius 2 is 1.75 bits per heavy atom. The highest BCUT2D eigenvalue weighted by molar-refractivity contribution is 5.40. The van der Waals surface area contributed by atoms with Crippen molar-refractivity contribution in [3.05, 3.63) is 28.8 Å². The van der Waals surface area contributed by atoms with E-state index in [0.29, 0.717) is 5.75 Å². The van der Waals surface area contributed by atoms with Gasteiger partial charge in [0.2, 0.25) is 0 Å². The van der Waals surface area contributed by atoms with E-state index in [1.807, 2.05) is 20.9 Å². The van der Waals surface area contributed by atoms with Crippen molar-refractivity contribution in [3.63, 3.8) is 0 Å². The van der Waals surface area contributed by atoms with Crippen molar-refractivity contribution in [1.29, 1.82) is 0 Å². The van der Waals surface area contributed by atoms with Gasteiger partial charge in [-0.3, -0.25) is 0 Å². The number of benzene rings is 1. The predicted octanol–water partition coefficient (Wildman–Crippen LogP) is 1.73. The largest absolute Gasteiger partial charge is 0.508 e. The topological polar surface area (TPSA) is 32.3 Å². The normalized spacial score (nSPS) is 10.2. The van der Waals surface area contributed by atoms with Crippen molar-refractivity contribution >= 4 is 0 Å². The number of hydrogen-bond acceptors (Lipinski definition) is 2. The van der Waals surface area contributed by atoms with Gasteiger partial charge in [0, 0.05) is 6.54 Å². The minimum Gasteiger partial charge on any atom is -0.508 e. The lowest BCUT2D eigenvalue weighted by Gasteiger charge is -2.09. The summed E-state index contributed by atoms with van der Waals surface area (Å²) in [6.45, 7) is 4.89. The minimum atomic E-state index is 0.352. The molecule has 0 amide bonds. The van der Waals surface area contributed by atoms with Crippen molar-refractivity contribution in [2.75, 3.05) is 7.05 Å². The van der Waals surface area contributed by atoms with E-state index in [1.165, 1.54) is 5.56 Å². The Morgan fingerprint density at radius 1 is 1.25 bits per heavy atom. The van der Waals surface area contributed by atoms with Gasteiger partial charge >= 0.3 is 0 Å². The molecule has 0 fully saturated rings. The molecule has 0 saturated carbocycles. The first-order valence-corrected chi connectivity index (χ1v) is 4.09. The molecule has 2 N–H and O–H groups in total. The zero-order valence-electron chi connectivity index (χ0n) is 7.81. The number of phenolic OH excluding ortho intramolecular Hbond substituents is 1. The second-order valence-electron chi connectivity index (χ2n) is 3.09. The molecular formula is C10H15NO. The summed E-state index contributed by atoms with van der Waals surface area (Å²) in [5, 5.41) is 12.4. The number of phenols is 1. The van der Waals surface area contributed by atoms with Gasteiger partial charge in [0.15, 0.2) is 0 Å². The molecule has 0 unspecified atom stereocenters. The number of rotatable bonds is 2. The molecule has 2 nitrogen and oxygen atoms in total. The first kappa shape index (κ1) is 9.07. The summed E-state index contributed by atoms with van der Waals surface area (Å²) in [6, 6.07) is 3.58. The molecule has 1 aromatic carbocycles. The van der Waals surface area contributed by atoms with Crippen LogP contribution in [0.1, 0.15) is 16.7 Å². The lowest BCUT2D eigenvalue weighted by Crippen LogP contribution is -2.08. The zero-order chi connectivity index (χ0) is 9.14. The average Bonchev–Trinajstić information content (AvgIpc) is 1.96. The second-order valence-corrected chi connectivity index (χ2v) is 3.09. The molecule has 1 rings (SSSR count). The molecule has 0 aliphatic rings. The van der Waals surface area contributed by atoms with Gasteiger partial charge in [-0.15, -0.1) is 0 Å². The summed E-state index contributed by atoms with van der Waals surface area (Å²) >= 11 is 0. The molecule has 66 valence electrons. The average molecular weight is 165 g/mol. The van der Waals surface area contributed by atoms with Crippen LogP contribution < -0.4 is 5.32 Å². The number of aryl methyl sites for hydroxylation is 2. The van der Waals surface area contributed by atoms with Crippen LogP contribution in [0.2, 0.25) is 0 Å². The third-order valence-corrected chi connectivity index (χ3v) is 2.03. The van der Waals surface area contributed by atoms with Crippen LogP contribution in [0.3, 0.4) is 0 Å². The van der Waals surface area contributed by atoms with E-state index in [2.05, 4.69) is 5.32 Å². The highest BCUT2D eigenvalue weighted by Gasteiger charge is 2.02. The van der Waals surface area contributed by atoms with Crippen molar-refractivity contribution in [2.24, 2.45) is 0 Å². The summed E-state index contributed by atoms with van der Waals surface area (Å²) in [4.78, 5) is 0. The molecule has 0 bridgehead atoms. The quantitative estimate of drug-likeness (QED) is 0.699. The lowest BCUT2D eigenvalue weighted by molar-refractivity contribution is 0.474. The van der Waals surface area contributed by atoms with Gasteiger partial charge in [-0.1, -0.05) is 0 Å². The molecular weight excluding hydrogens is 150 g/mol. The predicted molar refractivity (Wildman–Crippen MR) is 50.3 cm³/mol. The monoisotopic (exact) mass is 165 g/mol. The Labute approximate surface area is 73.2 Å². The highest BCUT2D eigenvalue weighted by Crippen LogP contribution is 2.20. The van der Waals surface area contributed by atoms with Crippen LogP contribution in [0.25, 0.3) is 0 Å². The fourth-order valence-corrected chi connectivity index (χ4v) is 1.43. The second kappa shape index (κ2) is 3.59. The van der Waals surface area contributed by atoms with Crippen LogP contribution in [0.15, 0.2) is 12.1 Å². The molecule has 1 aromatic rings. The molecule has 0 spiro atoms. The fraction of sp³-hybridized carbons (Fsp3) is 0.400. The molecule has 0 radical (unpaired) electrons. The van der Waals surface area contributed by atoms with E-state index < -0.39 is 0 Å². The summed E-state index contributed by atoms with van der Waals surface area (Å²) in [7, 11) is 1.92. The van der Waals surface area contributed by atoms with Crippen molar-refractivity contribution in [1.82, 2.24) is 5.32 Å². The van der Waals surface area contributed by atoms with Crippen LogP contribution in [0.5, 0.6) is 5.75 Å². The van der Waals surface area contributed by atoms with E-state index in [-0.39, 0.29) is 0 Å². The molecule has 0 aliphatic carbocycles. The van der Waals surface area contributed by atoms with Gasteiger partial charge in [0.1, 0.15) is 5.75 Å². The zero-order valence-corrected chi connectivity index (χ0v) is 7.81. The summed E-state index contributed by atoms with van der Waals surface area (Å²) < 4.78 is 0. The third kappa shape index (κ3) is 1.77. The Bertz CT molecular complexity index is 258. The van der Waals surface area contributed by atoms with Crippen LogP contribution >= 0.6 is 0 Å². The minimum absolute atomic E-state index is 0.352. The van der Waals surface area contributed by atoms with Gasteiger partial charge in [-0.05, 0) is 49.7 Å². The number of nitrogens with one attached hydrogen (secondary N) is 1. The molecule has 0 saturated heterocycles. The van der Waals surface area contributed by atoms with Gasteiger partial charge in [-0.2, -0.15) is 0 Å². The number of aromatic hydroxyl groups is 1. The van der Waals surface area contributed by atoms with E-state index in [9.17, 15) is 5.11 Å². The Kier molecular flexibility index (Phi) is 2.71. The van der Waals surface area contributed by atoms with Crippen LogP contribution in [0.4, 0.5) is 0 Å². The van der Waals surface area contributed by atoms with Gasteiger partial charge in [0.05, 0.1) is 0 Å². The molecule has 0 aromatic heterocycles. The summed E-state index contributed by atoms with van der Waals surface area (Å²) in [5.74, 6) is 0.352. The van der Waals surface area contributed by atoms with Gasteiger partial charge < -0.3 is 10.4 Å². The first-order chi connectivity index (χ1) is 5.65. The van der Waals surface area contributed by atoms with Crippen LogP contribution in [-0.4, -0.2) is 12.2 Å². The lowest BCUT2D eigenvalue weighted by atomic mass is 10.0. The van der Waals surface area contributed by atoms with Crippen LogP contribution in [0, 0.1) is 13.8 Å². The maximum absolute atomic E-state index is 9.27. The van der Waals surface area contributed by atoms with Crippen molar-refractivity contribution in [3.8, 4) is 5.75 Å². The molecule has 0 heterocycles. The Hall–Kier alpha value is -1.02. The maximum atomic E-state index is 9.27. The van der Waals surface area contributed by atoms with Crippen molar-refractivity contribution in [2.45, 2.75) is 20.4 Å². The Morgan fingerprint density at radius 3 is 2.17 bits per heavy atom. The van der Waals surface area contributed by atoms with Crippen molar-refractivity contribution < 1.29 is 5.11 Å². The Balaban J connectivity index is 3.10. The standard InChI is InChI=1S/C10H15NO/c1-7-4-9(12)5-8(2)10(7)6-11-3/h4-5,11-12H,6H2,1-3H3. The molecule has 2 heteroatoms. The van der Waals surface area contributed by atoms with E-state index in [0.717, 1.165) is 17.7 Å². The summed E-state index contributed by atoms with van der Waals surface area (Å²) in [6.07, 6.45) is 0. The SMILES string of the molecule is CNCc1c(C)cc(O)cc1C. The van der Waals surface area contributed by atoms with E-state index in [4.69, 9.17) is 0 Å². The fourth-order valence-electron chi connectivity index (χ4n) is 1.43. The third-order valence-electron chi connectivity index (χ3n) is 2.03.